The van der Waals surface area contributed by atoms with Crippen LogP contribution in [0.25, 0.3) is 5.69 Å². The quantitative estimate of drug-likeness (QED) is 0.722. The fourth-order valence-corrected chi connectivity index (χ4v) is 4.19. The van der Waals surface area contributed by atoms with Gasteiger partial charge in [0.2, 0.25) is 0 Å². The molecule has 150 valence electrons. The van der Waals surface area contributed by atoms with Crippen molar-refractivity contribution in [3.05, 3.63) is 83.4 Å². The molecule has 3 aromatic rings. The number of rotatable bonds is 5. The Morgan fingerprint density at radius 2 is 1.79 bits per heavy atom. The van der Waals surface area contributed by atoms with E-state index in [0.717, 1.165) is 60.8 Å². The smallest absolute Gasteiger partial charge is 0.253 e. The number of nitrogens with zero attached hydrogens (tertiary/aromatic N) is 3. The van der Waals surface area contributed by atoms with Gasteiger partial charge in [-0.15, -0.1) is 0 Å². The standard InChI is InChI=1S/C24H28N4O/c1-18-16-23(19(2)28(18)22-9-4-3-5-10-22)24(29)26-20-11-14-27(15-12-20)17-21-8-6-7-13-25-21/h3-10,13,16,20H,11-12,14-15,17H2,1-2H3,(H,26,29). The zero-order valence-corrected chi connectivity index (χ0v) is 17.1. The number of carbonyl (C=O) groups excluding carboxylic acids is 1. The average Bonchev–Trinajstić information content (AvgIpc) is 3.05. The highest BCUT2D eigenvalue weighted by molar-refractivity contribution is 5.96. The molecule has 1 aromatic carbocycles. The summed E-state index contributed by atoms with van der Waals surface area (Å²) in [7, 11) is 0. The van der Waals surface area contributed by atoms with Gasteiger partial charge in [0.25, 0.3) is 5.91 Å². The molecule has 0 bridgehead atoms. The summed E-state index contributed by atoms with van der Waals surface area (Å²) in [4.78, 5) is 19.8. The number of amides is 1. The van der Waals surface area contributed by atoms with E-state index < -0.39 is 0 Å². The van der Waals surface area contributed by atoms with E-state index in [2.05, 4.69) is 38.0 Å². The number of carbonyl (C=O) groups is 1. The molecule has 5 heteroatoms. The number of hydrogen-bond donors (Lipinski definition) is 1. The van der Waals surface area contributed by atoms with Crippen molar-refractivity contribution in [1.82, 2.24) is 19.8 Å². The molecule has 5 nitrogen and oxygen atoms in total. The highest BCUT2D eigenvalue weighted by atomic mass is 16.1. The monoisotopic (exact) mass is 388 g/mol. The Balaban J connectivity index is 1.37. The summed E-state index contributed by atoms with van der Waals surface area (Å²) in [5, 5.41) is 3.26. The highest BCUT2D eigenvalue weighted by Gasteiger charge is 2.23. The van der Waals surface area contributed by atoms with Crippen LogP contribution in [0.2, 0.25) is 0 Å². The van der Waals surface area contributed by atoms with Crippen LogP contribution in [0.1, 0.15) is 40.3 Å². The first-order valence-electron chi connectivity index (χ1n) is 10.3. The summed E-state index contributed by atoms with van der Waals surface area (Å²) < 4.78 is 2.14. The van der Waals surface area contributed by atoms with Crippen molar-refractivity contribution in [2.24, 2.45) is 0 Å². The Kier molecular flexibility index (Phi) is 5.76. The molecule has 4 rings (SSSR count). The summed E-state index contributed by atoms with van der Waals surface area (Å²) in [6, 6.07) is 18.4. The highest BCUT2D eigenvalue weighted by Crippen LogP contribution is 2.21. The number of pyridine rings is 1. The zero-order chi connectivity index (χ0) is 20.2. The Morgan fingerprint density at radius 3 is 2.48 bits per heavy atom. The summed E-state index contributed by atoms with van der Waals surface area (Å²) in [5.41, 5.74) is 5.01. The first-order valence-corrected chi connectivity index (χ1v) is 10.3. The van der Waals surface area contributed by atoms with Gasteiger partial charge >= 0.3 is 0 Å². The van der Waals surface area contributed by atoms with Crippen LogP contribution in [0.3, 0.4) is 0 Å². The van der Waals surface area contributed by atoms with Gasteiger partial charge in [0.1, 0.15) is 0 Å². The van der Waals surface area contributed by atoms with Gasteiger partial charge in [0, 0.05) is 48.9 Å². The normalized spacial score (nSPS) is 15.4. The molecule has 1 aliphatic heterocycles. The van der Waals surface area contributed by atoms with Crippen LogP contribution < -0.4 is 5.32 Å². The second-order valence-corrected chi connectivity index (χ2v) is 7.80. The third-order valence-corrected chi connectivity index (χ3v) is 5.72. The van der Waals surface area contributed by atoms with E-state index in [-0.39, 0.29) is 11.9 Å². The molecule has 0 unspecified atom stereocenters. The second-order valence-electron chi connectivity index (χ2n) is 7.80. The predicted octanol–water partition coefficient (Wildman–Crippen LogP) is 3.88. The molecule has 3 heterocycles. The van der Waals surface area contributed by atoms with Crippen LogP contribution in [0.15, 0.2) is 60.8 Å². The van der Waals surface area contributed by atoms with E-state index >= 15 is 0 Å². The van der Waals surface area contributed by atoms with Crippen LogP contribution in [0.5, 0.6) is 0 Å². The van der Waals surface area contributed by atoms with Crippen LogP contribution in [-0.4, -0.2) is 39.5 Å². The van der Waals surface area contributed by atoms with Crippen molar-refractivity contribution >= 4 is 5.91 Å². The first-order chi connectivity index (χ1) is 14.1. The van der Waals surface area contributed by atoms with Crippen LogP contribution >= 0.6 is 0 Å². The number of likely N-dealkylation sites (tertiary alicyclic amines) is 1. The molecule has 1 amide bonds. The van der Waals surface area contributed by atoms with E-state index in [1.807, 2.05) is 56.4 Å². The lowest BCUT2D eigenvalue weighted by molar-refractivity contribution is 0.0908. The summed E-state index contributed by atoms with van der Waals surface area (Å²) >= 11 is 0. The summed E-state index contributed by atoms with van der Waals surface area (Å²) in [6.45, 7) is 6.89. The molecule has 1 N–H and O–H groups in total. The molecule has 0 aliphatic carbocycles. The minimum Gasteiger partial charge on any atom is -0.349 e. The maximum absolute atomic E-state index is 13.0. The third-order valence-electron chi connectivity index (χ3n) is 5.72. The molecule has 1 fully saturated rings. The first kappa shape index (κ1) is 19.4. The molecular weight excluding hydrogens is 360 g/mol. The average molecular weight is 389 g/mol. The van der Waals surface area contributed by atoms with Gasteiger partial charge in [0.15, 0.2) is 0 Å². The fourth-order valence-electron chi connectivity index (χ4n) is 4.19. The van der Waals surface area contributed by atoms with E-state index in [1.165, 1.54) is 0 Å². The van der Waals surface area contributed by atoms with E-state index in [0.29, 0.717) is 0 Å². The lowest BCUT2D eigenvalue weighted by Crippen LogP contribution is -2.44. The van der Waals surface area contributed by atoms with E-state index in [1.54, 1.807) is 0 Å². The Bertz CT molecular complexity index is 957. The maximum Gasteiger partial charge on any atom is 0.253 e. The number of para-hydroxylation sites is 1. The van der Waals surface area contributed by atoms with Crippen LogP contribution in [0.4, 0.5) is 0 Å². The minimum atomic E-state index is 0.0310. The van der Waals surface area contributed by atoms with Crippen molar-refractivity contribution in [3.63, 3.8) is 0 Å². The maximum atomic E-state index is 13.0. The molecule has 0 radical (unpaired) electrons. The topological polar surface area (TPSA) is 50.2 Å². The summed E-state index contributed by atoms with van der Waals surface area (Å²) in [6.07, 6.45) is 3.78. The SMILES string of the molecule is Cc1cc(C(=O)NC2CCN(Cc3ccccn3)CC2)c(C)n1-c1ccccc1. The zero-order valence-electron chi connectivity index (χ0n) is 17.1. The molecule has 0 saturated carbocycles. The van der Waals surface area contributed by atoms with Gasteiger partial charge in [-0.3, -0.25) is 14.7 Å². The third kappa shape index (κ3) is 4.40. The van der Waals surface area contributed by atoms with Crippen molar-refractivity contribution < 1.29 is 4.79 Å². The van der Waals surface area contributed by atoms with Gasteiger partial charge in [-0.2, -0.15) is 0 Å². The molecule has 1 aliphatic rings. The van der Waals surface area contributed by atoms with Gasteiger partial charge in [0.05, 0.1) is 11.3 Å². The number of piperidine rings is 1. The molecule has 2 aromatic heterocycles. The van der Waals surface area contributed by atoms with Crippen molar-refractivity contribution in [1.29, 1.82) is 0 Å². The molecule has 0 spiro atoms. The second kappa shape index (κ2) is 8.62. The number of hydrogen-bond acceptors (Lipinski definition) is 3. The Morgan fingerprint density at radius 1 is 1.07 bits per heavy atom. The van der Waals surface area contributed by atoms with E-state index in [9.17, 15) is 4.79 Å². The lowest BCUT2D eigenvalue weighted by atomic mass is 10.0. The summed E-state index contributed by atoms with van der Waals surface area (Å²) in [5.74, 6) is 0.0310. The molecule has 1 saturated heterocycles. The van der Waals surface area contributed by atoms with Crippen molar-refractivity contribution in [3.8, 4) is 5.69 Å². The van der Waals surface area contributed by atoms with Gasteiger partial charge in [-0.05, 0) is 57.0 Å². The molecular formula is C24H28N4O. The van der Waals surface area contributed by atoms with Crippen LogP contribution in [0, 0.1) is 13.8 Å². The Hall–Kier alpha value is -2.92. The van der Waals surface area contributed by atoms with Crippen LogP contribution in [-0.2, 0) is 6.54 Å². The van der Waals surface area contributed by atoms with Crippen molar-refractivity contribution in [2.75, 3.05) is 13.1 Å². The van der Waals surface area contributed by atoms with Gasteiger partial charge < -0.3 is 9.88 Å². The van der Waals surface area contributed by atoms with E-state index in [4.69, 9.17) is 0 Å². The largest absolute Gasteiger partial charge is 0.349 e. The number of aromatic nitrogens is 2. The molecule has 0 atom stereocenters. The van der Waals surface area contributed by atoms with Gasteiger partial charge in [-0.25, -0.2) is 0 Å². The number of nitrogens with one attached hydrogen (secondary N) is 1. The molecule has 29 heavy (non-hydrogen) atoms. The minimum absolute atomic E-state index is 0.0310. The van der Waals surface area contributed by atoms with Gasteiger partial charge in [-0.1, -0.05) is 24.3 Å². The lowest BCUT2D eigenvalue weighted by Gasteiger charge is -2.32. The van der Waals surface area contributed by atoms with Crippen molar-refractivity contribution in [2.45, 2.75) is 39.3 Å². The Labute approximate surface area is 172 Å². The number of benzene rings is 1. The predicted molar refractivity (Wildman–Crippen MR) is 115 cm³/mol. The number of aryl methyl sites for hydroxylation is 1. The fraction of sp³-hybridized carbons (Fsp3) is 0.333.